The van der Waals surface area contributed by atoms with Gasteiger partial charge in [0.25, 0.3) is 0 Å². The van der Waals surface area contributed by atoms with Gasteiger partial charge in [-0.3, -0.25) is 15.0 Å². The molecule has 3 aliphatic rings. The number of aliphatic imine (C=N–C) groups is 3. The summed E-state index contributed by atoms with van der Waals surface area (Å²) in [6, 6.07) is 0.000708. The van der Waals surface area contributed by atoms with Gasteiger partial charge in [-0.25, -0.2) is 0 Å². The van der Waals surface area contributed by atoms with E-state index in [2.05, 4.69) is 70.6 Å². The molecule has 0 radical (unpaired) electrons. The summed E-state index contributed by atoms with van der Waals surface area (Å²) in [5, 5.41) is 6.93. The number of rotatable bonds is 7. The third-order valence-corrected chi connectivity index (χ3v) is 6.15. The van der Waals surface area contributed by atoms with Crippen molar-refractivity contribution in [3.05, 3.63) is 35.7 Å². The molecule has 0 amide bonds. The summed E-state index contributed by atoms with van der Waals surface area (Å²) in [6.45, 7) is 12.3. The molecule has 0 aromatic carbocycles. The SMILES string of the molecule is CC/C=C(\C=C/C(C)C1=CC(=NC)C(=NC)C(=NC(C)[C@H]2CNCCO2)N1)N1CCOCC1. The second kappa shape index (κ2) is 12.8. The summed E-state index contributed by atoms with van der Waals surface area (Å²) in [6.07, 6.45) is 9.89. The molecule has 8 nitrogen and oxygen atoms in total. The van der Waals surface area contributed by atoms with Crippen molar-refractivity contribution < 1.29 is 9.47 Å². The molecule has 2 saturated heterocycles. The second-order valence-electron chi connectivity index (χ2n) is 8.52. The number of allylic oxidation sites excluding steroid dienone is 4. The Balaban J connectivity index is 1.79. The van der Waals surface area contributed by atoms with Crippen molar-refractivity contribution in [2.75, 3.05) is 60.1 Å². The first kappa shape index (κ1) is 25.3. The highest BCUT2D eigenvalue weighted by molar-refractivity contribution is 6.71. The van der Waals surface area contributed by atoms with E-state index >= 15 is 0 Å². The third-order valence-electron chi connectivity index (χ3n) is 6.15. The first-order valence-electron chi connectivity index (χ1n) is 12.1. The highest BCUT2D eigenvalue weighted by Gasteiger charge is 2.26. The summed E-state index contributed by atoms with van der Waals surface area (Å²) < 4.78 is 11.4. The van der Waals surface area contributed by atoms with E-state index in [0.717, 1.165) is 68.8 Å². The van der Waals surface area contributed by atoms with Crippen LogP contribution >= 0.6 is 0 Å². The first-order chi connectivity index (χ1) is 16.1. The van der Waals surface area contributed by atoms with E-state index in [9.17, 15) is 0 Å². The minimum atomic E-state index is 0.000708. The van der Waals surface area contributed by atoms with E-state index in [1.54, 1.807) is 14.1 Å². The van der Waals surface area contributed by atoms with E-state index in [1.165, 1.54) is 5.70 Å². The van der Waals surface area contributed by atoms with E-state index < -0.39 is 0 Å². The smallest absolute Gasteiger partial charge is 0.153 e. The lowest BCUT2D eigenvalue weighted by Crippen LogP contribution is -2.46. The maximum Gasteiger partial charge on any atom is 0.153 e. The molecule has 0 spiro atoms. The van der Waals surface area contributed by atoms with Crippen LogP contribution in [0.4, 0.5) is 0 Å². The van der Waals surface area contributed by atoms with E-state index in [0.29, 0.717) is 6.61 Å². The Morgan fingerprint density at radius 2 is 2.00 bits per heavy atom. The highest BCUT2D eigenvalue weighted by Crippen LogP contribution is 2.18. The van der Waals surface area contributed by atoms with Gasteiger partial charge in [-0.15, -0.1) is 0 Å². The van der Waals surface area contributed by atoms with Gasteiger partial charge in [0.05, 0.1) is 37.7 Å². The molecular formula is C25H40N6O2. The molecule has 0 saturated carbocycles. The first-order valence-corrected chi connectivity index (χ1v) is 12.1. The number of hydrogen-bond acceptors (Lipinski definition) is 7. The van der Waals surface area contributed by atoms with Crippen molar-refractivity contribution in [1.29, 1.82) is 0 Å². The van der Waals surface area contributed by atoms with Gasteiger partial charge in [-0.05, 0) is 25.5 Å². The molecule has 3 rings (SSSR count). The summed E-state index contributed by atoms with van der Waals surface area (Å²) in [5.41, 5.74) is 3.95. The lowest BCUT2D eigenvalue weighted by molar-refractivity contribution is 0.0167. The number of ether oxygens (including phenoxy) is 2. The number of hydrogen-bond donors (Lipinski definition) is 2. The average molecular weight is 457 g/mol. The number of nitrogens with one attached hydrogen (secondary N) is 2. The molecule has 8 heteroatoms. The molecule has 3 heterocycles. The fourth-order valence-corrected chi connectivity index (χ4v) is 4.16. The maximum atomic E-state index is 5.91. The Morgan fingerprint density at radius 1 is 1.21 bits per heavy atom. The lowest BCUT2D eigenvalue weighted by atomic mass is 9.99. The van der Waals surface area contributed by atoms with Gasteiger partial charge in [-0.1, -0.05) is 26.0 Å². The van der Waals surface area contributed by atoms with Crippen LogP contribution in [-0.2, 0) is 9.47 Å². The fraction of sp³-hybridized carbons (Fsp3) is 0.640. The van der Waals surface area contributed by atoms with E-state index in [1.807, 2.05) is 0 Å². The predicted octanol–water partition coefficient (Wildman–Crippen LogP) is 2.21. The van der Waals surface area contributed by atoms with Gasteiger partial charge in [0.2, 0.25) is 0 Å². The molecule has 182 valence electrons. The van der Waals surface area contributed by atoms with Crippen LogP contribution < -0.4 is 10.6 Å². The third kappa shape index (κ3) is 6.85. The average Bonchev–Trinajstić information content (AvgIpc) is 2.86. The van der Waals surface area contributed by atoms with Crippen molar-refractivity contribution in [2.24, 2.45) is 20.9 Å². The summed E-state index contributed by atoms with van der Waals surface area (Å²) in [7, 11) is 3.59. The summed E-state index contributed by atoms with van der Waals surface area (Å²) >= 11 is 0. The number of nitrogens with zero attached hydrogens (tertiary/aromatic N) is 4. The van der Waals surface area contributed by atoms with Crippen LogP contribution in [0.25, 0.3) is 0 Å². The Labute approximate surface area is 198 Å². The molecule has 33 heavy (non-hydrogen) atoms. The molecule has 2 fully saturated rings. The molecule has 0 aromatic heterocycles. The predicted molar refractivity (Wildman–Crippen MR) is 137 cm³/mol. The molecule has 3 aliphatic heterocycles. The monoisotopic (exact) mass is 456 g/mol. The largest absolute Gasteiger partial charge is 0.378 e. The lowest BCUT2D eigenvalue weighted by Gasteiger charge is -2.30. The quantitative estimate of drug-likeness (QED) is 0.574. The Hall–Kier alpha value is -2.29. The van der Waals surface area contributed by atoms with Crippen LogP contribution in [0.1, 0.15) is 27.2 Å². The Kier molecular flexibility index (Phi) is 9.84. The van der Waals surface area contributed by atoms with Crippen LogP contribution in [0.5, 0.6) is 0 Å². The topological polar surface area (TPSA) is 82.8 Å². The summed E-state index contributed by atoms with van der Waals surface area (Å²) in [5.74, 6) is 0.921. The molecule has 2 unspecified atom stereocenters. The molecule has 0 aliphatic carbocycles. The minimum absolute atomic E-state index is 0.000708. The maximum absolute atomic E-state index is 5.91. The number of amidine groups is 1. The van der Waals surface area contributed by atoms with Crippen LogP contribution in [0.15, 0.2) is 50.7 Å². The van der Waals surface area contributed by atoms with Crippen molar-refractivity contribution in [3.63, 3.8) is 0 Å². The van der Waals surface area contributed by atoms with Crippen molar-refractivity contribution in [2.45, 2.75) is 39.3 Å². The zero-order valence-electron chi connectivity index (χ0n) is 20.8. The van der Waals surface area contributed by atoms with Gasteiger partial charge in [0, 0.05) is 57.6 Å². The van der Waals surface area contributed by atoms with Crippen molar-refractivity contribution >= 4 is 17.3 Å². The zero-order valence-corrected chi connectivity index (χ0v) is 20.8. The fourth-order valence-electron chi connectivity index (χ4n) is 4.16. The Morgan fingerprint density at radius 3 is 2.64 bits per heavy atom. The Bertz CT molecular complexity index is 830. The zero-order chi connectivity index (χ0) is 23.6. The van der Waals surface area contributed by atoms with Crippen LogP contribution in [0.3, 0.4) is 0 Å². The molecule has 0 bridgehead atoms. The van der Waals surface area contributed by atoms with E-state index in [-0.39, 0.29) is 18.1 Å². The van der Waals surface area contributed by atoms with Gasteiger partial charge >= 0.3 is 0 Å². The standard InChI is InChI=1S/C25H40N6O2/c1-6-7-20(31-11-14-32-15-12-31)9-8-18(2)21-16-22(26-4)24(27-5)25(30-21)29-19(3)23-17-28-10-13-33-23/h7-9,16,18-19,23,28H,6,10-15,17H2,1-5H3,(H,29,30)/b9-8-,20-7+,26-22?,27-24?/t18?,19?,23-/m1/s1. The molecule has 2 N–H and O–H groups in total. The van der Waals surface area contributed by atoms with Crippen molar-refractivity contribution in [3.8, 4) is 0 Å². The van der Waals surface area contributed by atoms with Crippen LogP contribution in [0, 0.1) is 5.92 Å². The summed E-state index contributed by atoms with van der Waals surface area (Å²) in [4.78, 5) is 16.3. The minimum Gasteiger partial charge on any atom is -0.378 e. The van der Waals surface area contributed by atoms with Gasteiger partial charge < -0.3 is 25.0 Å². The normalized spacial score (nSPS) is 28.3. The van der Waals surface area contributed by atoms with Crippen molar-refractivity contribution in [1.82, 2.24) is 15.5 Å². The van der Waals surface area contributed by atoms with Crippen LogP contribution in [-0.4, -0.2) is 94.4 Å². The highest BCUT2D eigenvalue weighted by atomic mass is 16.5. The number of morpholine rings is 2. The van der Waals surface area contributed by atoms with Gasteiger partial charge in [0.1, 0.15) is 5.71 Å². The molecule has 0 aromatic rings. The van der Waals surface area contributed by atoms with Gasteiger partial charge in [0.15, 0.2) is 5.84 Å². The van der Waals surface area contributed by atoms with Crippen LogP contribution in [0.2, 0.25) is 0 Å². The molecular weight excluding hydrogens is 416 g/mol. The molecule has 3 atom stereocenters. The van der Waals surface area contributed by atoms with Gasteiger partial charge in [-0.2, -0.15) is 0 Å². The van der Waals surface area contributed by atoms with E-state index in [4.69, 9.17) is 14.5 Å². The second-order valence-corrected chi connectivity index (χ2v) is 8.52.